The molecule has 4 rings (SSSR count). The van der Waals surface area contributed by atoms with Crippen molar-refractivity contribution in [3.63, 3.8) is 0 Å². The van der Waals surface area contributed by atoms with Gasteiger partial charge in [-0.3, -0.25) is 0 Å². The van der Waals surface area contributed by atoms with Gasteiger partial charge in [0.2, 0.25) is 0 Å². The number of hydrogen-bond donors (Lipinski definition) is 2. The van der Waals surface area contributed by atoms with E-state index in [0.717, 1.165) is 32.7 Å². The molecule has 0 aliphatic carbocycles. The Morgan fingerprint density at radius 3 is 1.28 bits per heavy atom. The molecule has 0 unspecified atom stereocenters. The van der Waals surface area contributed by atoms with Crippen molar-refractivity contribution >= 4 is 33.5 Å². The fourth-order valence-corrected chi connectivity index (χ4v) is 3.32. The summed E-state index contributed by atoms with van der Waals surface area (Å²) in [6.07, 6.45) is 0. The number of fused-ring (bicyclic) bond motifs is 2. The van der Waals surface area contributed by atoms with E-state index in [-0.39, 0.29) is 27.3 Å². The quantitative estimate of drug-likeness (QED) is 0.358. The molecule has 5 heteroatoms. The number of hydrogen-bond acceptors (Lipinski definition) is 2. The van der Waals surface area contributed by atoms with Crippen molar-refractivity contribution in [1.82, 2.24) is 0 Å². The zero-order chi connectivity index (χ0) is 20.3. The summed E-state index contributed by atoms with van der Waals surface area (Å²) >= 11 is 0. The third-order valence-corrected chi connectivity index (χ3v) is 4.86. The van der Waals surface area contributed by atoms with Crippen LogP contribution in [0.3, 0.4) is 0 Å². The third-order valence-electron chi connectivity index (χ3n) is 4.86. The molecule has 0 aromatic heterocycles. The molecule has 0 amide bonds. The smallest absolute Gasteiger partial charge is 0.335 e. The molecule has 4 nitrogen and oxygen atoms in total. The first kappa shape index (κ1) is 22.6. The van der Waals surface area contributed by atoms with Crippen molar-refractivity contribution in [2.45, 2.75) is 13.8 Å². The van der Waals surface area contributed by atoms with E-state index in [0.29, 0.717) is 11.1 Å². The van der Waals surface area contributed by atoms with Gasteiger partial charge in [-0.05, 0) is 58.7 Å². The fourth-order valence-electron chi connectivity index (χ4n) is 3.32. The van der Waals surface area contributed by atoms with Crippen LogP contribution in [0.4, 0.5) is 0 Å². The number of carbonyl (C=O) groups is 2. The first-order valence-corrected chi connectivity index (χ1v) is 8.83. The van der Waals surface area contributed by atoms with Gasteiger partial charge in [0.1, 0.15) is 0 Å². The summed E-state index contributed by atoms with van der Waals surface area (Å²) in [5, 5.41) is 22.0. The monoisotopic (exact) mass is 486 g/mol. The van der Waals surface area contributed by atoms with Gasteiger partial charge >= 0.3 is 11.9 Å². The minimum Gasteiger partial charge on any atom is -0.478 e. The van der Waals surface area contributed by atoms with Gasteiger partial charge in [-0.2, -0.15) is 0 Å². The van der Waals surface area contributed by atoms with E-state index in [2.05, 4.69) is 0 Å². The summed E-state index contributed by atoms with van der Waals surface area (Å²) in [5.74, 6) is -1.73. The number of benzene rings is 4. The first-order valence-electron chi connectivity index (χ1n) is 8.83. The second-order valence-electron chi connectivity index (χ2n) is 6.53. The van der Waals surface area contributed by atoms with E-state index < -0.39 is 11.9 Å². The van der Waals surface area contributed by atoms with Crippen molar-refractivity contribution in [2.75, 3.05) is 0 Å². The van der Waals surface area contributed by atoms with Crippen molar-refractivity contribution in [2.24, 2.45) is 0 Å². The van der Waals surface area contributed by atoms with Crippen LogP contribution in [0.2, 0.25) is 0 Å². The minimum atomic E-state index is -0.867. The van der Waals surface area contributed by atoms with Crippen LogP contribution in [0.25, 0.3) is 21.5 Å². The molecule has 0 saturated heterocycles. The van der Waals surface area contributed by atoms with Crippen LogP contribution in [0.1, 0.15) is 31.8 Å². The summed E-state index contributed by atoms with van der Waals surface area (Å²) < 4.78 is 0. The van der Waals surface area contributed by atoms with Crippen LogP contribution < -0.4 is 0 Å². The maximum Gasteiger partial charge on any atom is 0.335 e. The molecule has 0 atom stereocenters. The molecule has 0 spiro atoms. The molecule has 0 saturated carbocycles. The van der Waals surface area contributed by atoms with Crippen LogP contribution in [0.5, 0.6) is 0 Å². The summed E-state index contributed by atoms with van der Waals surface area (Å²) in [6, 6.07) is 22.6. The molecule has 142 valence electrons. The number of rotatable bonds is 2. The van der Waals surface area contributed by atoms with Crippen LogP contribution in [0, 0.1) is 13.8 Å². The Morgan fingerprint density at radius 2 is 0.931 bits per heavy atom. The summed E-state index contributed by atoms with van der Waals surface area (Å²) in [7, 11) is 0. The molecule has 0 bridgehead atoms. The number of carboxylic acids is 2. The average molecular weight is 485 g/mol. The molecule has 0 aliphatic heterocycles. The SMILES string of the molecule is Cc1c(C(=O)O)ccc2ccccc12.Cc1c(C(=O)O)ccc2ccccc12.[Cd]. The average Bonchev–Trinajstić information content (AvgIpc) is 2.69. The van der Waals surface area contributed by atoms with Gasteiger partial charge in [0.15, 0.2) is 0 Å². The van der Waals surface area contributed by atoms with Crippen molar-refractivity contribution in [1.29, 1.82) is 0 Å². The molecule has 2 N–H and O–H groups in total. The van der Waals surface area contributed by atoms with Gasteiger partial charge in [0, 0.05) is 27.3 Å². The van der Waals surface area contributed by atoms with E-state index in [1.807, 2.05) is 74.5 Å². The van der Waals surface area contributed by atoms with Crippen molar-refractivity contribution in [3.05, 3.63) is 95.1 Å². The van der Waals surface area contributed by atoms with Gasteiger partial charge in [-0.1, -0.05) is 60.7 Å². The number of carboxylic acid groups (broad SMARTS) is 2. The van der Waals surface area contributed by atoms with Crippen LogP contribution >= 0.6 is 0 Å². The zero-order valence-electron chi connectivity index (χ0n) is 16.3. The van der Waals surface area contributed by atoms with Gasteiger partial charge in [0.25, 0.3) is 0 Å². The second-order valence-corrected chi connectivity index (χ2v) is 6.53. The van der Waals surface area contributed by atoms with Gasteiger partial charge in [-0.25, -0.2) is 9.59 Å². The Morgan fingerprint density at radius 1 is 0.586 bits per heavy atom. The third kappa shape index (κ3) is 4.82. The Kier molecular flexibility index (Phi) is 7.50. The summed E-state index contributed by atoms with van der Waals surface area (Å²) in [5.41, 5.74) is 2.42. The summed E-state index contributed by atoms with van der Waals surface area (Å²) in [4.78, 5) is 21.7. The summed E-state index contributed by atoms with van der Waals surface area (Å²) in [6.45, 7) is 3.68. The Labute approximate surface area is 189 Å². The minimum absolute atomic E-state index is 0. The standard InChI is InChI=1S/2C12H10O2.Cd/c2*1-8-10-5-3-2-4-9(10)6-7-11(8)12(13)14;/h2*2-7H,1H3,(H,13,14);. The maximum absolute atomic E-state index is 10.9. The van der Waals surface area contributed by atoms with Crippen LogP contribution in [-0.4, -0.2) is 22.2 Å². The molecule has 0 fully saturated rings. The van der Waals surface area contributed by atoms with E-state index in [4.69, 9.17) is 10.2 Å². The topological polar surface area (TPSA) is 74.6 Å². The predicted octanol–water partition coefficient (Wildman–Crippen LogP) is 5.69. The first-order chi connectivity index (χ1) is 13.4. The molecule has 4 aromatic rings. The molecule has 4 aromatic carbocycles. The normalized spacial score (nSPS) is 10.0. The van der Waals surface area contributed by atoms with Crippen molar-refractivity contribution < 1.29 is 47.1 Å². The predicted molar refractivity (Wildman–Crippen MR) is 111 cm³/mol. The second kappa shape index (κ2) is 9.65. The van der Waals surface area contributed by atoms with E-state index in [1.54, 1.807) is 12.1 Å². The molecule has 0 heterocycles. The maximum atomic E-state index is 10.9. The van der Waals surface area contributed by atoms with Crippen LogP contribution in [-0.2, 0) is 27.3 Å². The largest absolute Gasteiger partial charge is 0.478 e. The molecule has 0 radical (unpaired) electrons. The zero-order valence-corrected chi connectivity index (χ0v) is 20.4. The van der Waals surface area contributed by atoms with Gasteiger partial charge < -0.3 is 10.2 Å². The molecular weight excluding hydrogens is 465 g/mol. The Balaban J connectivity index is 0.000000200. The van der Waals surface area contributed by atoms with Crippen molar-refractivity contribution in [3.8, 4) is 0 Å². The Hall–Kier alpha value is -2.74. The molecule has 0 aliphatic rings. The van der Waals surface area contributed by atoms with E-state index in [9.17, 15) is 9.59 Å². The fraction of sp³-hybridized carbons (Fsp3) is 0.0833. The van der Waals surface area contributed by atoms with E-state index in [1.165, 1.54) is 0 Å². The van der Waals surface area contributed by atoms with Crippen LogP contribution in [0.15, 0.2) is 72.8 Å². The Bertz CT molecular complexity index is 1100. The van der Waals surface area contributed by atoms with Gasteiger partial charge in [0.05, 0.1) is 11.1 Å². The van der Waals surface area contributed by atoms with Gasteiger partial charge in [-0.15, -0.1) is 0 Å². The number of aryl methyl sites for hydroxylation is 2. The molecular formula is C24H20CdO4. The molecule has 29 heavy (non-hydrogen) atoms. The number of aromatic carboxylic acids is 2. The van der Waals surface area contributed by atoms with E-state index >= 15 is 0 Å².